The van der Waals surface area contributed by atoms with E-state index >= 15 is 0 Å². The zero-order valence-electron chi connectivity index (χ0n) is 15.3. The number of rotatable bonds is 6. The molecule has 148 valence electrons. The Labute approximate surface area is 159 Å². The molecular formula is C18H19FN4O5. The number of nitrogens with zero attached hydrogens (tertiary/aromatic N) is 2. The lowest BCUT2D eigenvalue weighted by Gasteiger charge is -2.28. The van der Waals surface area contributed by atoms with Crippen LogP contribution >= 0.6 is 0 Å². The molecule has 2 amide bonds. The van der Waals surface area contributed by atoms with Gasteiger partial charge >= 0.3 is 17.8 Å². The normalized spacial score (nSPS) is 16.5. The van der Waals surface area contributed by atoms with E-state index in [1.165, 1.54) is 24.3 Å². The van der Waals surface area contributed by atoms with Gasteiger partial charge in [-0.2, -0.15) is 4.68 Å². The summed E-state index contributed by atoms with van der Waals surface area (Å²) < 4.78 is 24.2. The third kappa shape index (κ3) is 3.95. The second-order valence-electron chi connectivity index (χ2n) is 6.01. The van der Waals surface area contributed by atoms with Crippen molar-refractivity contribution in [3.63, 3.8) is 0 Å². The number of halogens is 1. The number of allylic oxidation sites excluding steroid dienone is 1. The minimum Gasteiger partial charge on any atom is -0.463 e. The van der Waals surface area contributed by atoms with E-state index in [1.54, 1.807) is 6.92 Å². The maximum Gasteiger partial charge on any atom is 0.437 e. The van der Waals surface area contributed by atoms with Crippen molar-refractivity contribution < 1.29 is 23.1 Å². The summed E-state index contributed by atoms with van der Waals surface area (Å²) in [6.45, 7) is 3.45. The topological polar surface area (TPSA) is 115 Å². The SMILES string of the molecule is CCOC(=O)C1=C(Cn2nc(-c3ccc(F)cc3)oc2=O)NC(=O)NC1CC. The van der Waals surface area contributed by atoms with Gasteiger partial charge in [0, 0.05) is 5.56 Å². The second-order valence-corrected chi connectivity index (χ2v) is 6.01. The molecule has 28 heavy (non-hydrogen) atoms. The van der Waals surface area contributed by atoms with Gasteiger partial charge in [0.2, 0.25) is 5.89 Å². The van der Waals surface area contributed by atoms with Crippen molar-refractivity contribution >= 4 is 12.0 Å². The summed E-state index contributed by atoms with van der Waals surface area (Å²) >= 11 is 0. The summed E-state index contributed by atoms with van der Waals surface area (Å²) in [5.41, 5.74) is 0.843. The zero-order chi connectivity index (χ0) is 20.3. The molecule has 2 heterocycles. The Balaban J connectivity index is 1.97. The van der Waals surface area contributed by atoms with Gasteiger partial charge in [-0.05, 0) is 37.6 Å². The van der Waals surface area contributed by atoms with Crippen LogP contribution in [0.5, 0.6) is 0 Å². The quantitative estimate of drug-likeness (QED) is 0.723. The molecule has 0 saturated carbocycles. The highest BCUT2D eigenvalue weighted by Gasteiger charge is 2.32. The number of aromatic nitrogens is 2. The first-order valence-electron chi connectivity index (χ1n) is 8.74. The van der Waals surface area contributed by atoms with Gasteiger partial charge in [0.05, 0.1) is 30.5 Å². The van der Waals surface area contributed by atoms with Crippen molar-refractivity contribution in [2.75, 3.05) is 6.61 Å². The van der Waals surface area contributed by atoms with E-state index in [9.17, 15) is 18.8 Å². The number of amides is 2. The summed E-state index contributed by atoms with van der Waals surface area (Å²) in [5.74, 6) is -1.81. The number of esters is 1. The molecule has 0 spiro atoms. The lowest BCUT2D eigenvalue weighted by molar-refractivity contribution is -0.139. The summed E-state index contributed by atoms with van der Waals surface area (Å²) in [4.78, 5) is 36.5. The van der Waals surface area contributed by atoms with Gasteiger partial charge in [-0.1, -0.05) is 6.92 Å². The highest BCUT2D eigenvalue weighted by Crippen LogP contribution is 2.19. The lowest BCUT2D eigenvalue weighted by Crippen LogP contribution is -2.51. The van der Waals surface area contributed by atoms with Gasteiger partial charge in [-0.15, -0.1) is 5.10 Å². The van der Waals surface area contributed by atoms with Crippen LogP contribution in [0.3, 0.4) is 0 Å². The molecule has 2 N–H and O–H groups in total. The molecule has 0 radical (unpaired) electrons. The van der Waals surface area contributed by atoms with Crippen LogP contribution in [-0.4, -0.2) is 34.4 Å². The van der Waals surface area contributed by atoms with Crippen LogP contribution in [0.4, 0.5) is 9.18 Å². The molecule has 3 rings (SSSR count). The van der Waals surface area contributed by atoms with E-state index in [4.69, 9.17) is 9.15 Å². The Morgan fingerprint density at radius 2 is 2.00 bits per heavy atom. The molecule has 1 aromatic carbocycles. The highest BCUT2D eigenvalue weighted by atomic mass is 19.1. The van der Waals surface area contributed by atoms with Gasteiger partial charge in [-0.25, -0.2) is 18.8 Å². The zero-order valence-corrected chi connectivity index (χ0v) is 15.3. The van der Waals surface area contributed by atoms with Crippen LogP contribution < -0.4 is 16.4 Å². The monoisotopic (exact) mass is 390 g/mol. The van der Waals surface area contributed by atoms with E-state index < -0.39 is 29.6 Å². The van der Waals surface area contributed by atoms with Crippen molar-refractivity contribution in [3.8, 4) is 11.5 Å². The molecule has 10 heteroatoms. The van der Waals surface area contributed by atoms with E-state index in [0.29, 0.717) is 12.0 Å². The number of hydrogen-bond acceptors (Lipinski definition) is 6. The Morgan fingerprint density at radius 1 is 1.29 bits per heavy atom. The van der Waals surface area contributed by atoms with Crippen molar-refractivity contribution in [1.82, 2.24) is 20.4 Å². The van der Waals surface area contributed by atoms with Gasteiger partial charge in [0.15, 0.2) is 0 Å². The predicted molar refractivity (Wildman–Crippen MR) is 95.6 cm³/mol. The summed E-state index contributed by atoms with van der Waals surface area (Å²) in [7, 11) is 0. The van der Waals surface area contributed by atoms with Gasteiger partial charge in [-0.3, -0.25) is 0 Å². The first-order chi connectivity index (χ1) is 13.4. The van der Waals surface area contributed by atoms with Crippen LogP contribution in [0, 0.1) is 5.82 Å². The van der Waals surface area contributed by atoms with Crippen LogP contribution in [0.15, 0.2) is 44.7 Å². The second kappa shape index (κ2) is 8.07. The third-order valence-electron chi connectivity index (χ3n) is 4.15. The number of benzene rings is 1. The molecule has 1 unspecified atom stereocenters. The number of nitrogens with one attached hydrogen (secondary N) is 2. The van der Waals surface area contributed by atoms with Gasteiger partial charge in [0.1, 0.15) is 5.82 Å². The van der Waals surface area contributed by atoms with E-state index in [0.717, 1.165) is 4.68 Å². The Morgan fingerprint density at radius 3 is 2.64 bits per heavy atom. The first-order valence-corrected chi connectivity index (χ1v) is 8.74. The maximum atomic E-state index is 13.1. The van der Waals surface area contributed by atoms with Crippen molar-refractivity contribution in [1.29, 1.82) is 0 Å². The molecule has 0 aliphatic carbocycles. The fraction of sp³-hybridized carbons (Fsp3) is 0.333. The molecular weight excluding hydrogens is 371 g/mol. The van der Waals surface area contributed by atoms with E-state index in [1.807, 2.05) is 6.92 Å². The van der Waals surface area contributed by atoms with Crippen molar-refractivity contribution in [2.45, 2.75) is 32.9 Å². The third-order valence-corrected chi connectivity index (χ3v) is 4.15. The fourth-order valence-corrected chi connectivity index (χ4v) is 2.85. The smallest absolute Gasteiger partial charge is 0.437 e. The Kier molecular flexibility index (Phi) is 5.57. The first kappa shape index (κ1) is 19.3. The standard InChI is InChI=1S/C18H19FN4O5/c1-3-12-14(16(24)27-4-2)13(21-17(25)20-12)9-23-18(26)28-15(22-23)10-5-7-11(19)8-6-10/h5-8,12H,3-4,9H2,1-2H3,(H2,20,21,25). The number of urea groups is 1. The molecule has 0 bridgehead atoms. The highest BCUT2D eigenvalue weighted by molar-refractivity contribution is 5.94. The maximum absolute atomic E-state index is 13.1. The van der Waals surface area contributed by atoms with Gasteiger partial charge in [0.25, 0.3) is 0 Å². The number of carbonyl (C=O) groups excluding carboxylic acids is 2. The summed E-state index contributed by atoms with van der Waals surface area (Å²) in [6.07, 6.45) is 0.458. The fourth-order valence-electron chi connectivity index (χ4n) is 2.85. The van der Waals surface area contributed by atoms with E-state index in [2.05, 4.69) is 15.7 Å². The van der Waals surface area contributed by atoms with Crippen molar-refractivity contribution in [2.24, 2.45) is 0 Å². The van der Waals surface area contributed by atoms with Crippen LogP contribution in [-0.2, 0) is 16.1 Å². The predicted octanol–water partition coefficient (Wildman–Crippen LogP) is 1.55. The van der Waals surface area contributed by atoms with Crippen molar-refractivity contribution in [3.05, 3.63) is 51.9 Å². The number of ether oxygens (including phenoxy) is 1. The molecule has 0 fully saturated rings. The number of hydrogen-bond donors (Lipinski definition) is 2. The van der Waals surface area contributed by atoms with Crippen LogP contribution in [0.25, 0.3) is 11.5 Å². The van der Waals surface area contributed by atoms with Crippen LogP contribution in [0.2, 0.25) is 0 Å². The Bertz CT molecular complexity index is 977. The largest absolute Gasteiger partial charge is 0.463 e. The summed E-state index contributed by atoms with van der Waals surface area (Å²) in [6, 6.07) is 4.23. The molecule has 1 aromatic heterocycles. The van der Waals surface area contributed by atoms with Crippen LogP contribution in [0.1, 0.15) is 20.3 Å². The molecule has 1 atom stereocenters. The number of carbonyl (C=O) groups is 2. The summed E-state index contributed by atoms with van der Waals surface area (Å²) in [5, 5.41) is 9.26. The molecule has 0 saturated heterocycles. The molecule has 9 nitrogen and oxygen atoms in total. The molecule has 1 aliphatic heterocycles. The molecule has 1 aliphatic rings. The van der Waals surface area contributed by atoms with E-state index in [-0.39, 0.29) is 30.3 Å². The lowest BCUT2D eigenvalue weighted by atomic mass is 10.0. The Hall–Kier alpha value is -3.43. The average molecular weight is 390 g/mol. The van der Waals surface area contributed by atoms with Gasteiger partial charge < -0.3 is 19.8 Å². The average Bonchev–Trinajstić information content (AvgIpc) is 3.02. The minimum absolute atomic E-state index is 0.00409. The minimum atomic E-state index is -0.782. The molecule has 2 aromatic rings.